The number of ether oxygens (including phenoxy) is 1. The van der Waals surface area contributed by atoms with Crippen molar-refractivity contribution in [2.24, 2.45) is 4.99 Å². The zero-order valence-electron chi connectivity index (χ0n) is 17.8. The number of aliphatic imine (C=N–C) groups is 1. The molecule has 4 aromatic carbocycles. The quantitative estimate of drug-likeness (QED) is 0.180. The number of hydrogen-bond acceptors (Lipinski definition) is 4. The maximum Gasteiger partial charge on any atom is 0.264 e. The number of para-hydroxylation sites is 1. The molecule has 0 bridgehead atoms. The van der Waals surface area contributed by atoms with Gasteiger partial charge in [0.05, 0.1) is 15.1 Å². The third-order valence-electron chi connectivity index (χ3n) is 5.24. The number of carbonyl (C=O) groups excluding carboxylic acids is 1. The first-order valence-corrected chi connectivity index (χ1v) is 13.2. The Balaban J connectivity index is 1.31. The van der Waals surface area contributed by atoms with Crippen molar-refractivity contribution in [2.75, 3.05) is 0 Å². The highest BCUT2D eigenvalue weighted by Gasteiger charge is 2.24. The van der Waals surface area contributed by atoms with Gasteiger partial charge in [0.2, 0.25) is 0 Å². The Bertz CT molecular complexity index is 1460. The van der Waals surface area contributed by atoms with Crippen molar-refractivity contribution < 1.29 is 9.53 Å². The Labute approximate surface area is 223 Å². The van der Waals surface area contributed by atoms with Crippen LogP contribution in [0.25, 0.3) is 16.8 Å². The summed E-state index contributed by atoms with van der Waals surface area (Å²) in [7, 11) is 0. The summed E-state index contributed by atoms with van der Waals surface area (Å²) in [6.45, 7) is 0.469. The molecule has 7 heteroatoms. The maximum atomic E-state index is 12.5. The summed E-state index contributed by atoms with van der Waals surface area (Å²) in [6.07, 6.45) is 1.86. The van der Waals surface area contributed by atoms with Gasteiger partial charge < -0.3 is 10.1 Å². The van der Waals surface area contributed by atoms with Gasteiger partial charge in [0.1, 0.15) is 12.4 Å². The molecule has 1 heterocycles. The molecule has 168 valence electrons. The van der Waals surface area contributed by atoms with Crippen molar-refractivity contribution in [1.29, 1.82) is 0 Å². The molecule has 0 spiro atoms. The van der Waals surface area contributed by atoms with Crippen LogP contribution in [0.2, 0.25) is 0 Å². The summed E-state index contributed by atoms with van der Waals surface area (Å²) in [5.41, 5.74) is 2.87. The minimum absolute atomic E-state index is 0.151. The molecule has 0 radical (unpaired) electrons. The molecule has 4 aromatic rings. The first-order chi connectivity index (χ1) is 16.6. The van der Waals surface area contributed by atoms with Crippen molar-refractivity contribution in [3.63, 3.8) is 0 Å². The number of amidine groups is 1. The number of halogens is 2. The number of fused-ring (bicyclic) bond motifs is 1. The lowest BCUT2D eigenvalue weighted by Gasteiger charge is -2.11. The van der Waals surface area contributed by atoms with Crippen LogP contribution in [-0.2, 0) is 11.4 Å². The van der Waals surface area contributed by atoms with Crippen molar-refractivity contribution in [3.05, 3.63) is 109 Å². The van der Waals surface area contributed by atoms with E-state index in [0.717, 1.165) is 30.6 Å². The minimum atomic E-state index is -0.151. The minimum Gasteiger partial charge on any atom is -0.488 e. The van der Waals surface area contributed by atoms with Crippen LogP contribution in [-0.4, -0.2) is 11.1 Å². The van der Waals surface area contributed by atoms with E-state index in [1.165, 1.54) is 22.5 Å². The highest BCUT2D eigenvalue weighted by Crippen LogP contribution is 2.32. The average Bonchev–Trinajstić information content (AvgIpc) is 3.18. The van der Waals surface area contributed by atoms with Crippen LogP contribution in [0.3, 0.4) is 0 Å². The first-order valence-electron chi connectivity index (χ1n) is 10.5. The van der Waals surface area contributed by atoms with Gasteiger partial charge >= 0.3 is 0 Å². The lowest BCUT2D eigenvalue weighted by atomic mass is 10.1. The summed E-state index contributed by atoms with van der Waals surface area (Å²) in [5.74, 6) is 0.599. The van der Waals surface area contributed by atoms with Gasteiger partial charge in [0.15, 0.2) is 5.17 Å². The van der Waals surface area contributed by atoms with Crippen LogP contribution in [0.1, 0.15) is 11.1 Å². The predicted octanol–water partition coefficient (Wildman–Crippen LogP) is 7.68. The summed E-state index contributed by atoms with van der Waals surface area (Å²) >= 11 is 7.19. The van der Waals surface area contributed by atoms with E-state index in [0.29, 0.717) is 16.7 Å². The second-order valence-electron chi connectivity index (χ2n) is 7.55. The molecule has 1 aliphatic rings. The average molecular weight is 641 g/mol. The monoisotopic (exact) mass is 640 g/mol. The van der Waals surface area contributed by atoms with E-state index in [1.807, 2.05) is 66.7 Å². The van der Waals surface area contributed by atoms with Crippen LogP contribution < -0.4 is 10.1 Å². The zero-order chi connectivity index (χ0) is 23.5. The summed E-state index contributed by atoms with van der Waals surface area (Å²) in [5, 5.41) is 5.81. The number of amides is 1. The highest BCUT2D eigenvalue weighted by atomic mass is 127. The van der Waals surface area contributed by atoms with Crippen LogP contribution in [0, 0.1) is 3.57 Å². The van der Waals surface area contributed by atoms with Gasteiger partial charge in [-0.25, -0.2) is 4.99 Å². The van der Waals surface area contributed by atoms with Crippen LogP contribution >= 0.6 is 50.3 Å². The van der Waals surface area contributed by atoms with E-state index in [1.54, 1.807) is 0 Å². The second kappa shape index (κ2) is 10.3. The van der Waals surface area contributed by atoms with Gasteiger partial charge in [-0.05, 0) is 103 Å². The number of nitrogens with zero attached hydrogens (tertiary/aromatic N) is 1. The molecular formula is C27H18BrIN2O2S. The smallest absolute Gasteiger partial charge is 0.264 e. The number of rotatable bonds is 5. The molecule has 0 atom stereocenters. The Morgan fingerprint density at radius 3 is 2.65 bits per heavy atom. The van der Waals surface area contributed by atoms with Gasteiger partial charge in [0.25, 0.3) is 5.91 Å². The summed E-state index contributed by atoms with van der Waals surface area (Å²) in [6, 6.07) is 28.1. The SMILES string of the molecule is O=C1NC(=Nc2ccccc2I)S/C1=C/c1ccc(OCc2cccc3ccccc23)c(Br)c1. The molecule has 5 rings (SSSR count). The van der Waals surface area contributed by atoms with Crippen molar-refractivity contribution in [1.82, 2.24) is 5.32 Å². The molecule has 1 fully saturated rings. The highest BCUT2D eigenvalue weighted by molar-refractivity contribution is 14.1. The largest absolute Gasteiger partial charge is 0.488 e. The van der Waals surface area contributed by atoms with Gasteiger partial charge in [-0.1, -0.05) is 60.7 Å². The number of nitrogens with one attached hydrogen (secondary N) is 1. The lowest BCUT2D eigenvalue weighted by molar-refractivity contribution is -0.115. The third kappa shape index (κ3) is 5.21. The first kappa shape index (κ1) is 23.1. The Kier molecular flexibility index (Phi) is 7.03. The second-order valence-corrected chi connectivity index (χ2v) is 10.6. The molecule has 0 aliphatic carbocycles. The standard InChI is InChI=1S/C27H18BrIN2O2S/c28-21-14-17(15-25-26(32)31-27(34-25)30-23-11-4-3-10-22(23)29)12-13-24(21)33-16-19-8-5-7-18-6-1-2-9-20(18)19/h1-15H,16H2,(H,30,31,32)/b25-15+. The fourth-order valence-corrected chi connectivity index (χ4v) is 5.44. The molecule has 1 saturated heterocycles. The Hall–Kier alpha value is -2.62. The van der Waals surface area contributed by atoms with E-state index in [2.05, 4.69) is 73.1 Å². The van der Waals surface area contributed by atoms with Crippen LogP contribution in [0.5, 0.6) is 5.75 Å². The Morgan fingerprint density at radius 1 is 1.00 bits per heavy atom. The summed E-state index contributed by atoms with van der Waals surface area (Å²) in [4.78, 5) is 17.6. The van der Waals surface area contributed by atoms with Crippen molar-refractivity contribution in [3.8, 4) is 5.75 Å². The van der Waals surface area contributed by atoms with E-state index < -0.39 is 0 Å². The topological polar surface area (TPSA) is 50.7 Å². The van der Waals surface area contributed by atoms with E-state index >= 15 is 0 Å². The normalized spacial score (nSPS) is 15.8. The van der Waals surface area contributed by atoms with Crippen LogP contribution in [0.15, 0.2) is 99.3 Å². The van der Waals surface area contributed by atoms with Crippen LogP contribution in [0.4, 0.5) is 5.69 Å². The van der Waals surface area contributed by atoms with Crippen molar-refractivity contribution in [2.45, 2.75) is 6.61 Å². The van der Waals surface area contributed by atoms with E-state index in [9.17, 15) is 4.79 Å². The zero-order valence-corrected chi connectivity index (χ0v) is 22.4. The van der Waals surface area contributed by atoms with E-state index in [4.69, 9.17) is 4.74 Å². The maximum absolute atomic E-state index is 12.5. The molecule has 1 amide bonds. The number of thioether (sulfide) groups is 1. The fraction of sp³-hybridized carbons (Fsp3) is 0.0370. The molecular weight excluding hydrogens is 623 g/mol. The molecule has 1 aliphatic heterocycles. The molecule has 0 saturated carbocycles. The van der Waals surface area contributed by atoms with Gasteiger partial charge in [-0.3, -0.25) is 4.79 Å². The number of hydrogen-bond donors (Lipinski definition) is 1. The van der Waals surface area contributed by atoms with Crippen molar-refractivity contribution >= 4 is 83.9 Å². The van der Waals surface area contributed by atoms with Gasteiger partial charge in [-0.15, -0.1) is 0 Å². The molecule has 34 heavy (non-hydrogen) atoms. The molecule has 0 unspecified atom stereocenters. The molecule has 0 aromatic heterocycles. The molecule has 1 N–H and O–H groups in total. The third-order valence-corrected chi connectivity index (χ3v) is 7.68. The molecule has 4 nitrogen and oxygen atoms in total. The fourth-order valence-electron chi connectivity index (χ4n) is 3.58. The Morgan fingerprint density at radius 2 is 1.79 bits per heavy atom. The predicted molar refractivity (Wildman–Crippen MR) is 152 cm³/mol. The number of benzene rings is 4. The van der Waals surface area contributed by atoms with Gasteiger partial charge in [0, 0.05) is 3.57 Å². The van der Waals surface area contributed by atoms with Gasteiger partial charge in [-0.2, -0.15) is 0 Å². The number of carbonyl (C=O) groups is 1. The van der Waals surface area contributed by atoms with E-state index in [-0.39, 0.29) is 5.91 Å². The summed E-state index contributed by atoms with van der Waals surface area (Å²) < 4.78 is 7.96. The lowest BCUT2D eigenvalue weighted by Crippen LogP contribution is -2.19.